The summed E-state index contributed by atoms with van der Waals surface area (Å²) in [4.78, 5) is 96.1. The van der Waals surface area contributed by atoms with E-state index in [1.54, 1.807) is 26.8 Å². The molecule has 0 spiro atoms. The molecule has 0 fully saturated rings. The smallest absolute Gasteiger partial charge is 0.317 e. The molecular formula is C61H106N4O16PTm-. The maximum absolute atomic E-state index is 13.0. The van der Waals surface area contributed by atoms with Gasteiger partial charge < -0.3 is 43.5 Å². The van der Waals surface area contributed by atoms with Gasteiger partial charge in [0.15, 0.2) is 11.9 Å². The third kappa shape index (κ3) is 45.2. The Morgan fingerprint density at radius 2 is 0.940 bits per heavy atom. The number of aromatic nitrogens is 1. The summed E-state index contributed by atoms with van der Waals surface area (Å²) < 4.78 is 40.0. The van der Waals surface area contributed by atoms with Gasteiger partial charge in [-0.25, -0.2) is 0 Å². The van der Waals surface area contributed by atoms with Crippen LogP contribution in [0.3, 0.4) is 0 Å². The fourth-order valence-electron chi connectivity index (χ4n) is 9.93. The molecule has 2 heterocycles. The van der Waals surface area contributed by atoms with E-state index in [2.05, 4.69) is 18.8 Å². The number of hydrogen-bond acceptors (Lipinski definition) is 17. The molecule has 0 aromatic carbocycles. The van der Waals surface area contributed by atoms with Gasteiger partial charge in [-0.3, -0.25) is 53.0 Å². The van der Waals surface area contributed by atoms with Crippen molar-refractivity contribution < 1.29 is 114 Å². The minimum absolute atomic E-state index is 0. The predicted molar refractivity (Wildman–Crippen MR) is 313 cm³/mol. The fraction of sp³-hybridized carbons (Fsp3) is 0.820. The zero-order valence-corrected chi connectivity index (χ0v) is 53.3. The molecule has 0 saturated heterocycles. The zero-order valence-electron chi connectivity index (χ0n) is 50.6. The number of pyridine rings is 1. The molecule has 0 aliphatic carbocycles. The van der Waals surface area contributed by atoms with E-state index < -0.39 is 75.9 Å². The van der Waals surface area contributed by atoms with Gasteiger partial charge >= 0.3 is 29.8 Å². The zero-order chi connectivity index (χ0) is 59.9. The minimum atomic E-state index is -4.98. The summed E-state index contributed by atoms with van der Waals surface area (Å²) in [6.07, 6.45) is 34.7. The maximum Gasteiger partial charge on any atom is 0.317 e. The van der Waals surface area contributed by atoms with E-state index in [-0.39, 0.29) is 133 Å². The summed E-state index contributed by atoms with van der Waals surface area (Å²) in [5.74, 6) is -4.56. The molecule has 1 unspecified atom stereocenters. The first-order chi connectivity index (χ1) is 39.6. The van der Waals surface area contributed by atoms with Crippen LogP contribution in [0.4, 0.5) is 0 Å². The Bertz CT molecular complexity index is 1950. The SMILES string of the molecule is CCCCCCCCCCCCCCCCCC(=O)OC[C@H](COP(=O)([O-])OCCCC(=O)COc1ccc2nc1CN(CC(=O)O)CCN(CC(=O)O)CCN(CC(=O)O)C2)OC(=O)CCCCCCCCCCCCCCCCC.[Tm]. The normalized spacial score (nSPS) is 14.6. The number of carbonyl (C=O) groups is 6. The van der Waals surface area contributed by atoms with Crippen molar-refractivity contribution in [1.29, 1.82) is 0 Å². The quantitative estimate of drug-likeness (QED) is 0.0311. The Balaban J connectivity index is 0.0000344. The van der Waals surface area contributed by atoms with Crippen molar-refractivity contribution in [2.75, 3.05) is 72.2 Å². The maximum atomic E-state index is 13.0. The van der Waals surface area contributed by atoms with Gasteiger partial charge in [-0.2, -0.15) is 0 Å². The molecule has 0 amide bonds. The van der Waals surface area contributed by atoms with Crippen LogP contribution in [0.5, 0.6) is 5.75 Å². The number of phosphoric acid groups is 1. The molecule has 3 N–H and O–H groups in total. The number of phosphoric ester groups is 1. The number of ether oxygens (including phenoxy) is 3. The van der Waals surface area contributed by atoms with E-state index in [9.17, 15) is 53.5 Å². The van der Waals surface area contributed by atoms with Gasteiger partial charge in [0.2, 0.25) is 0 Å². The molecule has 1 aliphatic rings. The number of ketones is 1. The van der Waals surface area contributed by atoms with Crippen LogP contribution in [0, 0.1) is 36.9 Å². The van der Waals surface area contributed by atoms with E-state index in [0.717, 1.165) is 38.5 Å². The monoisotopic (exact) mass is 1350 g/mol. The number of fused-ring (bicyclic) bond motifs is 2. The first-order valence-corrected chi connectivity index (χ1v) is 33.0. The van der Waals surface area contributed by atoms with Crippen molar-refractivity contribution in [2.45, 2.75) is 251 Å². The molecule has 2 atom stereocenters. The van der Waals surface area contributed by atoms with Crippen LogP contribution in [0.25, 0.3) is 0 Å². The Kier molecular flexibility index (Phi) is 48.3. The van der Waals surface area contributed by atoms with Crippen molar-refractivity contribution in [3.8, 4) is 5.75 Å². The van der Waals surface area contributed by atoms with E-state index in [1.165, 1.54) is 141 Å². The summed E-state index contributed by atoms with van der Waals surface area (Å²) >= 11 is 0. The van der Waals surface area contributed by atoms with Crippen molar-refractivity contribution in [3.63, 3.8) is 0 Å². The standard InChI is InChI=1S/C61H107N4O16P.Tm/c1-3-5-7-9-11-13-15-17-19-21-23-25-27-29-31-35-60(73)78-50-54(81-61(74)36-32-30-28-26-24-22-20-18-16-14-12-10-8-6-4-2)51-80-82(75,76)79-43-33-34-53(66)49-77-56-38-37-52-44-64(47-58(69)70)41-39-63(46-57(67)68)40-42-65(48-59(71)72)45-55(56)62-52;/h37-38,54H,3-36,39-51H2,1-2H3,(H,67,68)(H,69,70)(H,71,72)(H,75,76);/p-1/t54-;/m1./s1. The molecule has 1 aromatic heterocycles. The van der Waals surface area contributed by atoms with Crippen LogP contribution in [0.1, 0.15) is 244 Å². The first-order valence-electron chi connectivity index (χ1n) is 31.5. The molecular weight excluding hydrogens is 1240 g/mol. The van der Waals surface area contributed by atoms with Gasteiger partial charge in [-0.05, 0) is 31.4 Å². The van der Waals surface area contributed by atoms with E-state index in [0.29, 0.717) is 18.5 Å². The Hall–Kier alpha value is -2.81. The number of esters is 2. The second-order valence-electron chi connectivity index (χ2n) is 22.3. The Morgan fingerprint density at radius 1 is 0.530 bits per heavy atom. The number of carbonyl (C=O) groups excluding carboxylic acids is 3. The van der Waals surface area contributed by atoms with Crippen molar-refractivity contribution in [3.05, 3.63) is 23.5 Å². The molecule has 1 aromatic rings. The molecule has 2 rings (SSSR count). The largest absolute Gasteiger partial charge is 0.756 e. The topological polar surface area (TPSA) is 272 Å². The van der Waals surface area contributed by atoms with Crippen molar-refractivity contribution >= 4 is 43.5 Å². The molecule has 0 saturated carbocycles. The third-order valence-corrected chi connectivity index (χ3v) is 15.6. The summed E-state index contributed by atoms with van der Waals surface area (Å²) in [6, 6.07) is 3.16. The summed E-state index contributed by atoms with van der Waals surface area (Å²) in [5.41, 5.74) is 0.729. The van der Waals surface area contributed by atoms with Crippen LogP contribution in [0.2, 0.25) is 0 Å². The number of nitrogens with zero attached hydrogens (tertiary/aromatic N) is 4. The molecule has 1 aliphatic heterocycles. The number of aliphatic carboxylic acids is 3. The molecule has 2 bridgehead atoms. The van der Waals surface area contributed by atoms with Crippen LogP contribution in [-0.2, 0) is 64.9 Å². The van der Waals surface area contributed by atoms with Crippen LogP contribution in [0.15, 0.2) is 12.1 Å². The Morgan fingerprint density at radius 3 is 1.40 bits per heavy atom. The predicted octanol–water partition coefficient (Wildman–Crippen LogP) is 11.5. The molecule has 20 nitrogen and oxygen atoms in total. The van der Waals surface area contributed by atoms with Crippen molar-refractivity contribution in [2.24, 2.45) is 0 Å². The average Bonchev–Trinajstić information content (AvgIpc) is 3.50. The second kappa shape index (κ2) is 51.3. The number of carboxylic acids is 3. The summed E-state index contributed by atoms with van der Waals surface area (Å²) in [7, 11) is -4.98. The van der Waals surface area contributed by atoms with Gasteiger partial charge in [0.1, 0.15) is 19.0 Å². The summed E-state index contributed by atoms with van der Waals surface area (Å²) in [6.45, 7) is 2.30. The van der Waals surface area contributed by atoms with Crippen LogP contribution < -0.4 is 9.63 Å². The van der Waals surface area contributed by atoms with E-state index in [4.69, 9.17) is 23.3 Å². The van der Waals surface area contributed by atoms with Gasteiger partial charge in [0.25, 0.3) is 7.82 Å². The molecule has 22 heteroatoms. The van der Waals surface area contributed by atoms with Crippen LogP contribution in [-0.4, -0.2) is 149 Å². The Labute approximate surface area is 526 Å². The van der Waals surface area contributed by atoms with Crippen LogP contribution >= 0.6 is 7.82 Å². The third-order valence-electron chi connectivity index (χ3n) is 14.6. The first kappa shape index (κ1) is 78.2. The molecule has 83 heavy (non-hydrogen) atoms. The average molecular weight is 1350 g/mol. The second-order valence-corrected chi connectivity index (χ2v) is 23.7. The number of hydrogen-bond donors (Lipinski definition) is 3. The van der Waals surface area contributed by atoms with E-state index in [1.807, 2.05) is 0 Å². The number of rotatable bonds is 52. The number of Topliss-reactive ketones (excluding diaryl/α,β-unsaturated/α-hetero) is 1. The summed E-state index contributed by atoms with van der Waals surface area (Å²) in [5, 5.41) is 28.7. The number of unbranched alkanes of at least 4 members (excludes halogenated alkanes) is 28. The van der Waals surface area contributed by atoms with Gasteiger partial charge in [0, 0.05) is 95.4 Å². The van der Waals surface area contributed by atoms with E-state index >= 15 is 0 Å². The van der Waals surface area contributed by atoms with Gasteiger partial charge in [-0.1, -0.05) is 194 Å². The minimum Gasteiger partial charge on any atom is -0.756 e. The number of carboxylic acid groups (broad SMARTS) is 3. The molecule has 1 radical (unpaired) electrons. The van der Waals surface area contributed by atoms with Gasteiger partial charge in [-0.15, -0.1) is 0 Å². The van der Waals surface area contributed by atoms with Gasteiger partial charge in [0.05, 0.1) is 44.2 Å². The molecule has 485 valence electrons. The fourth-order valence-corrected chi connectivity index (χ4v) is 10.7. The van der Waals surface area contributed by atoms with Crippen molar-refractivity contribution in [1.82, 2.24) is 19.7 Å².